The molecule has 0 aliphatic heterocycles. The number of halogens is 1. The highest BCUT2D eigenvalue weighted by atomic mass is 35.5. The van der Waals surface area contributed by atoms with Crippen LogP contribution in [0.3, 0.4) is 0 Å². The Bertz CT molecular complexity index is 592. The van der Waals surface area contributed by atoms with Crippen molar-refractivity contribution < 1.29 is 22.7 Å². The Kier molecular flexibility index (Phi) is 4.48. The van der Waals surface area contributed by atoms with Gasteiger partial charge in [0.2, 0.25) is 0 Å². The van der Waals surface area contributed by atoms with E-state index in [0.717, 1.165) is 12.3 Å². The van der Waals surface area contributed by atoms with Gasteiger partial charge in [0.05, 0.1) is 27.7 Å². The monoisotopic (exact) mass is 290 g/mol. The smallest absolute Gasteiger partial charge is 0.339 e. The van der Waals surface area contributed by atoms with Gasteiger partial charge in [0, 0.05) is 6.26 Å². The van der Waals surface area contributed by atoms with Crippen molar-refractivity contribution in [2.45, 2.75) is 11.8 Å². The van der Waals surface area contributed by atoms with Crippen LogP contribution in [0.25, 0.3) is 0 Å². The fourth-order valence-electron chi connectivity index (χ4n) is 1.37. The molecule has 0 atom stereocenters. The minimum atomic E-state index is -3.59. The van der Waals surface area contributed by atoms with Gasteiger partial charge in [0.15, 0.2) is 16.1 Å². The summed E-state index contributed by atoms with van der Waals surface area (Å²) in [6.45, 7) is 1.77. The third-order valence-electron chi connectivity index (χ3n) is 2.15. The van der Waals surface area contributed by atoms with Crippen molar-refractivity contribution in [2.75, 3.05) is 12.9 Å². The summed E-state index contributed by atoms with van der Waals surface area (Å²) >= 11 is 5.85. The zero-order valence-corrected chi connectivity index (χ0v) is 11.3. The molecule has 18 heavy (non-hydrogen) atoms. The van der Waals surface area contributed by atoms with E-state index in [0.29, 0.717) is 6.29 Å². The second kappa shape index (κ2) is 5.49. The molecule has 0 aliphatic carbocycles. The van der Waals surface area contributed by atoms with Crippen molar-refractivity contribution >= 4 is 33.7 Å². The van der Waals surface area contributed by atoms with Crippen LogP contribution < -0.4 is 0 Å². The van der Waals surface area contributed by atoms with E-state index in [2.05, 4.69) is 0 Å². The van der Waals surface area contributed by atoms with E-state index in [1.165, 1.54) is 6.07 Å². The first-order valence-corrected chi connectivity index (χ1v) is 7.24. The summed E-state index contributed by atoms with van der Waals surface area (Å²) in [6, 6.07) is 2.39. The highest BCUT2D eigenvalue weighted by Gasteiger charge is 2.21. The van der Waals surface area contributed by atoms with Gasteiger partial charge in [0.25, 0.3) is 0 Å². The third-order valence-corrected chi connectivity index (χ3v) is 3.71. The predicted molar refractivity (Wildman–Crippen MR) is 65.9 cm³/mol. The SMILES string of the molecule is CCOC(=O)c1ccc(S(C)(=O)=O)c(C=O)c1Cl. The lowest BCUT2D eigenvalue weighted by Gasteiger charge is -2.09. The lowest BCUT2D eigenvalue weighted by molar-refractivity contribution is 0.0526. The van der Waals surface area contributed by atoms with Gasteiger partial charge < -0.3 is 4.74 Å². The second-order valence-corrected chi connectivity index (χ2v) is 5.81. The molecule has 0 saturated carbocycles. The fourth-order valence-corrected chi connectivity index (χ4v) is 2.58. The maximum atomic E-state index is 11.5. The normalized spacial score (nSPS) is 11.1. The summed E-state index contributed by atoms with van der Waals surface area (Å²) in [5, 5.41) is -0.216. The van der Waals surface area contributed by atoms with Crippen LogP contribution in [0.1, 0.15) is 27.6 Å². The van der Waals surface area contributed by atoms with Gasteiger partial charge >= 0.3 is 5.97 Å². The Morgan fingerprint density at radius 2 is 2.06 bits per heavy atom. The van der Waals surface area contributed by atoms with Crippen LogP contribution >= 0.6 is 11.6 Å². The molecule has 0 bridgehead atoms. The van der Waals surface area contributed by atoms with Crippen LogP contribution in [0.4, 0.5) is 0 Å². The van der Waals surface area contributed by atoms with E-state index in [4.69, 9.17) is 16.3 Å². The van der Waals surface area contributed by atoms with Crippen LogP contribution in [0.2, 0.25) is 5.02 Å². The Labute approximate surface area is 110 Å². The summed E-state index contributed by atoms with van der Waals surface area (Å²) in [4.78, 5) is 22.2. The summed E-state index contributed by atoms with van der Waals surface area (Å²) < 4.78 is 27.6. The number of rotatable bonds is 4. The Hall–Kier alpha value is -1.40. The quantitative estimate of drug-likeness (QED) is 0.623. The molecule has 0 amide bonds. The molecule has 0 fully saturated rings. The van der Waals surface area contributed by atoms with E-state index in [-0.39, 0.29) is 27.7 Å². The predicted octanol–water partition coefficient (Wildman–Crippen LogP) is 1.73. The molecular weight excluding hydrogens is 280 g/mol. The first-order valence-electron chi connectivity index (χ1n) is 4.97. The average Bonchev–Trinajstić information content (AvgIpc) is 2.27. The van der Waals surface area contributed by atoms with Crippen molar-refractivity contribution in [1.82, 2.24) is 0 Å². The number of hydrogen-bond donors (Lipinski definition) is 0. The first-order chi connectivity index (χ1) is 8.32. The Balaban J connectivity index is 3.48. The molecular formula is C11H11ClO5S. The second-order valence-electron chi connectivity index (χ2n) is 3.45. The molecule has 7 heteroatoms. The Morgan fingerprint density at radius 1 is 1.44 bits per heavy atom. The summed E-state index contributed by atoms with van der Waals surface area (Å²) in [5.41, 5.74) is -0.266. The molecule has 1 rings (SSSR count). The minimum absolute atomic E-state index is 0.0342. The van der Waals surface area contributed by atoms with E-state index in [1.807, 2.05) is 0 Å². The lowest BCUT2D eigenvalue weighted by Crippen LogP contribution is -2.09. The van der Waals surface area contributed by atoms with Gasteiger partial charge in [-0.15, -0.1) is 0 Å². The average molecular weight is 291 g/mol. The molecule has 0 radical (unpaired) electrons. The number of aldehydes is 1. The number of carbonyl (C=O) groups excluding carboxylic acids is 2. The van der Waals surface area contributed by atoms with Crippen molar-refractivity contribution in [1.29, 1.82) is 0 Å². The van der Waals surface area contributed by atoms with Crippen LogP contribution in [0.5, 0.6) is 0 Å². The van der Waals surface area contributed by atoms with Crippen LogP contribution in [-0.4, -0.2) is 33.5 Å². The molecule has 0 aliphatic rings. The largest absolute Gasteiger partial charge is 0.462 e. The number of sulfone groups is 1. The molecule has 0 N–H and O–H groups in total. The molecule has 0 spiro atoms. The molecule has 1 aromatic rings. The van der Waals surface area contributed by atoms with Crippen LogP contribution in [0.15, 0.2) is 17.0 Å². The van der Waals surface area contributed by atoms with Gasteiger partial charge in [0.1, 0.15) is 0 Å². The number of hydrogen-bond acceptors (Lipinski definition) is 5. The molecule has 98 valence electrons. The maximum absolute atomic E-state index is 11.5. The summed E-state index contributed by atoms with van der Waals surface area (Å²) in [6.07, 6.45) is 1.26. The lowest BCUT2D eigenvalue weighted by atomic mass is 10.1. The summed E-state index contributed by atoms with van der Waals surface area (Å²) in [7, 11) is -3.59. The van der Waals surface area contributed by atoms with Gasteiger partial charge in [-0.2, -0.15) is 0 Å². The van der Waals surface area contributed by atoms with Crippen LogP contribution in [0, 0.1) is 0 Å². The number of benzene rings is 1. The van der Waals surface area contributed by atoms with Crippen molar-refractivity contribution in [2.24, 2.45) is 0 Å². The van der Waals surface area contributed by atoms with E-state index < -0.39 is 15.8 Å². The zero-order valence-electron chi connectivity index (χ0n) is 9.77. The highest BCUT2D eigenvalue weighted by Crippen LogP contribution is 2.27. The van der Waals surface area contributed by atoms with Gasteiger partial charge in [-0.1, -0.05) is 11.6 Å². The van der Waals surface area contributed by atoms with Crippen molar-refractivity contribution in [3.63, 3.8) is 0 Å². The van der Waals surface area contributed by atoms with E-state index in [1.54, 1.807) is 6.92 Å². The number of ether oxygens (including phenoxy) is 1. The van der Waals surface area contributed by atoms with E-state index in [9.17, 15) is 18.0 Å². The van der Waals surface area contributed by atoms with Gasteiger partial charge in [-0.25, -0.2) is 13.2 Å². The third kappa shape index (κ3) is 2.88. The van der Waals surface area contributed by atoms with Crippen molar-refractivity contribution in [3.8, 4) is 0 Å². The fraction of sp³-hybridized carbons (Fsp3) is 0.273. The molecule has 0 saturated heterocycles. The molecule has 0 aromatic heterocycles. The van der Waals surface area contributed by atoms with Crippen LogP contribution in [-0.2, 0) is 14.6 Å². The molecule has 1 aromatic carbocycles. The maximum Gasteiger partial charge on any atom is 0.339 e. The van der Waals surface area contributed by atoms with Gasteiger partial charge in [-0.3, -0.25) is 4.79 Å². The number of esters is 1. The first kappa shape index (κ1) is 14.7. The standard InChI is InChI=1S/C11H11ClO5S/c1-3-17-11(14)7-4-5-9(18(2,15)16)8(6-13)10(7)12/h4-6H,3H2,1-2H3. The molecule has 5 nitrogen and oxygen atoms in total. The summed E-state index contributed by atoms with van der Waals surface area (Å²) in [5.74, 6) is -0.703. The topological polar surface area (TPSA) is 77.5 Å². The van der Waals surface area contributed by atoms with Crippen molar-refractivity contribution in [3.05, 3.63) is 28.3 Å². The minimum Gasteiger partial charge on any atom is -0.462 e. The zero-order chi connectivity index (χ0) is 13.9. The molecule has 0 heterocycles. The van der Waals surface area contributed by atoms with E-state index >= 15 is 0 Å². The highest BCUT2D eigenvalue weighted by molar-refractivity contribution is 7.90. The van der Waals surface area contributed by atoms with Gasteiger partial charge in [-0.05, 0) is 19.1 Å². The molecule has 0 unspecified atom stereocenters. The number of carbonyl (C=O) groups is 2. The Morgan fingerprint density at radius 3 is 2.50 bits per heavy atom.